The Labute approximate surface area is 238 Å². The molecule has 2 fully saturated rings. The minimum absolute atomic E-state index is 0.277. The fourth-order valence-corrected chi connectivity index (χ4v) is 7.54. The van der Waals surface area contributed by atoms with Crippen LogP contribution in [0.3, 0.4) is 0 Å². The summed E-state index contributed by atoms with van der Waals surface area (Å²) in [5.74, 6) is 0.688. The lowest BCUT2D eigenvalue weighted by Crippen LogP contribution is -2.44. The summed E-state index contributed by atoms with van der Waals surface area (Å²) >= 11 is 0. The number of aromatic nitrogens is 4. The Balaban J connectivity index is 1.29. The Hall–Kier alpha value is -3.75. The molecule has 41 heavy (non-hydrogen) atoms. The molecule has 0 radical (unpaired) electrons. The molecule has 2 aromatic heterocycles. The molecule has 0 bridgehead atoms. The van der Waals surface area contributed by atoms with Crippen molar-refractivity contribution in [2.75, 3.05) is 37.4 Å². The fraction of sp³-hybridized carbons (Fsp3) is 0.533. The Morgan fingerprint density at radius 2 is 2.17 bits per heavy atom. The molecule has 11 heteroatoms. The number of nitriles is 1. The second-order valence-corrected chi connectivity index (χ2v) is 12.0. The standard InChI is InChI=1S/C30H35FN8O2/c1-37-16-21(14-34-37)38(2)27-23-17-41-30(9-3-5-19-6-7-24(33)22(13-32)26(19)30)12-25(23)35-28(36-27)40-18-29-8-4-10-39(29)15-20(31)11-29/h6-7,14,16,20H,3-5,8-12,15,17-18,33H2,1-2H3. The molecule has 5 heterocycles. The number of nitrogens with zero attached hydrogens (tertiary/aromatic N) is 7. The van der Waals surface area contributed by atoms with Gasteiger partial charge in [0.15, 0.2) is 0 Å². The molecule has 3 aromatic rings. The molecule has 10 nitrogen and oxygen atoms in total. The summed E-state index contributed by atoms with van der Waals surface area (Å²) < 4.78 is 29.2. The first-order valence-corrected chi connectivity index (χ1v) is 14.4. The summed E-state index contributed by atoms with van der Waals surface area (Å²) in [6.07, 6.45) is 8.37. The van der Waals surface area contributed by atoms with E-state index in [1.165, 1.54) is 0 Å². The van der Waals surface area contributed by atoms with Gasteiger partial charge in [0.05, 0.1) is 35.3 Å². The van der Waals surface area contributed by atoms with Crippen LogP contribution in [0.5, 0.6) is 6.01 Å². The van der Waals surface area contributed by atoms with E-state index in [4.69, 9.17) is 25.2 Å². The zero-order valence-corrected chi connectivity index (χ0v) is 23.6. The summed E-state index contributed by atoms with van der Waals surface area (Å²) in [7, 11) is 3.82. The van der Waals surface area contributed by atoms with Crippen LogP contribution >= 0.6 is 0 Å². The van der Waals surface area contributed by atoms with Crippen LogP contribution < -0.4 is 15.4 Å². The highest BCUT2D eigenvalue weighted by Crippen LogP contribution is 2.48. The number of halogens is 1. The van der Waals surface area contributed by atoms with Gasteiger partial charge in [0.1, 0.15) is 30.3 Å². The van der Waals surface area contributed by atoms with Crippen molar-refractivity contribution in [3.63, 3.8) is 0 Å². The number of nitrogens with two attached hydrogens (primary N) is 1. The van der Waals surface area contributed by atoms with Crippen LogP contribution in [0.15, 0.2) is 24.5 Å². The lowest BCUT2D eigenvalue weighted by molar-refractivity contribution is -0.0856. The second kappa shape index (κ2) is 9.67. The number of anilines is 3. The average molecular weight is 559 g/mol. The number of ether oxygens (including phenoxy) is 2. The molecule has 0 saturated carbocycles. The summed E-state index contributed by atoms with van der Waals surface area (Å²) in [5, 5.41) is 14.4. The third kappa shape index (κ3) is 4.23. The predicted octanol–water partition coefficient (Wildman–Crippen LogP) is 3.69. The molecular weight excluding hydrogens is 523 g/mol. The van der Waals surface area contributed by atoms with Gasteiger partial charge in [-0.05, 0) is 50.3 Å². The summed E-state index contributed by atoms with van der Waals surface area (Å²) in [4.78, 5) is 14.0. The van der Waals surface area contributed by atoms with Gasteiger partial charge in [-0.25, -0.2) is 4.39 Å². The monoisotopic (exact) mass is 558 g/mol. The maximum Gasteiger partial charge on any atom is 0.318 e. The zero-order chi connectivity index (χ0) is 28.4. The summed E-state index contributed by atoms with van der Waals surface area (Å²) in [6, 6.07) is 6.46. The number of nitrogen functional groups attached to an aromatic ring is 1. The van der Waals surface area contributed by atoms with Crippen molar-refractivity contribution >= 4 is 17.2 Å². The van der Waals surface area contributed by atoms with E-state index < -0.39 is 11.8 Å². The molecular formula is C30H35FN8O2. The molecule has 7 rings (SSSR count). The number of rotatable bonds is 5. The van der Waals surface area contributed by atoms with E-state index in [-0.39, 0.29) is 18.2 Å². The molecule has 2 N–H and O–H groups in total. The van der Waals surface area contributed by atoms with Crippen LogP contribution in [0.2, 0.25) is 0 Å². The van der Waals surface area contributed by atoms with Crippen molar-refractivity contribution < 1.29 is 13.9 Å². The van der Waals surface area contributed by atoms with E-state index in [0.717, 1.165) is 66.7 Å². The molecule has 2 saturated heterocycles. The first-order chi connectivity index (χ1) is 19.8. The highest BCUT2D eigenvalue weighted by Gasteiger charge is 2.50. The van der Waals surface area contributed by atoms with Crippen LogP contribution in [0.1, 0.15) is 60.1 Å². The molecule has 1 aromatic carbocycles. The highest BCUT2D eigenvalue weighted by atomic mass is 19.1. The van der Waals surface area contributed by atoms with Crippen LogP contribution in [-0.4, -0.2) is 63.1 Å². The molecule has 0 amide bonds. The third-order valence-electron chi connectivity index (χ3n) is 9.54. The van der Waals surface area contributed by atoms with Gasteiger partial charge in [0, 0.05) is 56.5 Å². The maximum atomic E-state index is 14.4. The van der Waals surface area contributed by atoms with Gasteiger partial charge in [-0.15, -0.1) is 0 Å². The Morgan fingerprint density at radius 1 is 1.29 bits per heavy atom. The van der Waals surface area contributed by atoms with Crippen molar-refractivity contribution in [3.05, 3.63) is 52.5 Å². The molecule has 214 valence electrons. The molecule has 3 unspecified atom stereocenters. The Morgan fingerprint density at radius 3 is 2.98 bits per heavy atom. The average Bonchev–Trinajstić information content (AvgIpc) is 3.65. The van der Waals surface area contributed by atoms with E-state index in [1.54, 1.807) is 10.9 Å². The maximum absolute atomic E-state index is 14.4. The molecule has 1 aliphatic carbocycles. The number of hydrogen-bond donors (Lipinski definition) is 1. The van der Waals surface area contributed by atoms with Crippen molar-refractivity contribution in [2.24, 2.45) is 7.05 Å². The SMILES string of the molecule is CN(c1cnn(C)c1)c1nc(OCC23CCCN2CC(F)C3)nc2c1COC1(CCCc3ccc(N)c(C#N)c31)C2. The molecule has 1 spiro atoms. The number of hydrogen-bond acceptors (Lipinski definition) is 9. The van der Waals surface area contributed by atoms with Crippen molar-refractivity contribution in [2.45, 2.75) is 68.9 Å². The van der Waals surface area contributed by atoms with E-state index in [9.17, 15) is 9.65 Å². The van der Waals surface area contributed by atoms with Crippen LogP contribution in [0.25, 0.3) is 0 Å². The largest absolute Gasteiger partial charge is 0.461 e. The van der Waals surface area contributed by atoms with Gasteiger partial charge in [0.2, 0.25) is 0 Å². The van der Waals surface area contributed by atoms with Crippen molar-refractivity contribution in [1.82, 2.24) is 24.6 Å². The molecule has 3 aliphatic heterocycles. The lowest BCUT2D eigenvalue weighted by Gasteiger charge is -2.43. The first-order valence-electron chi connectivity index (χ1n) is 14.4. The quantitative estimate of drug-likeness (QED) is 0.468. The Bertz CT molecular complexity index is 1550. The summed E-state index contributed by atoms with van der Waals surface area (Å²) in [6.45, 7) is 2.00. The fourth-order valence-electron chi connectivity index (χ4n) is 7.54. The van der Waals surface area contributed by atoms with Gasteiger partial charge in [0.25, 0.3) is 0 Å². The van der Waals surface area contributed by atoms with Gasteiger partial charge in [-0.3, -0.25) is 9.58 Å². The number of aryl methyl sites for hydroxylation is 2. The number of fused-ring (bicyclic) bond motifs is 4. The molecule has 4 aliphatic rings. The van der Waals surface area contributed by atoms with Crippen LogP contribution in [0, 0.1) is 11.3 Å². The zero-order valence-electron chi connectivity index (χ0n) is 23.6. The van der Waals surface area contributed by atoms with Gasteiger partial charge < -0.3 is 20.1 Å². The van der Waals surface area contributed by atoms with E-state index in [0.29, 0.717) is 43.1 Å². The van der Waals surface area contributed by atoms with Crippen molar-refractivity contribution in [3.8, 4) is 12.1 Å². The Kier molecular flexibility index (Phi) is 6.17. The van der Waals surface area contributed by atoms with E-state index in [2.05, 4.69) is 16.1 Å². The topological polar surface area (TPSA) is 118 Å². The number of alkyl halides is 1. The minimum atomic E-state index is -0.833. The predicted molar refractivity (Wildman–Crippen MR) is 151 cm³/mol. The third-order valence-corrected chi connectivity index (χ3v) is 9.54. The van der Waals surface area contributed by atoms with Gasteiger partial charge >= 0.3 is 6.01 Å². The van der Waals surface area contributed by atoms with Crippen molar-refractivity contribution in [1.29, 1.82) is 5.26 Å². The van der Waals surface area contributed by atoms with Crippen LogP contribution in [0.4, 0.5) is 21.6 Å². The van der Waals surface area contributed by atoms with Gasteiger partial charge in [-0.1, -0.05) is 6.07 Å². The first kappa shape index (κ1) is 26.2. The second-order valence-electron chi connectivity index (χ2n) is 12.0. The highest BCUT2D eigenvalue weighted by molar-refractivity contribution is 5.65. The summed E-state index contributed by atoms with van der Waals surface area (Å²) in [5.41, 5.74) is 10.8. The lowest BCUT2D eigenvalue weighted by atomic mass is 9.72. The minimum Gasteiger partial charge on any atom is -0.461 e. The number of benzene rings is 1. The molecule has 3 atom stereocenters. The normalized spacial score (nSPS) is 26.8. The van der Waals surface area contributed by atoms with E-state index >= 15 is 0 Å². The van der Waals surface area contributed by atoms with E-state index in [1.807, 2.05) is 37.3 Å². The van der Waals surface area contributed by atoms with Gasteiger partial charge in [-0.2, -0.15) is 20.3 Å². The smallest absolute Gasteiger partial charge is 0.318 e. The van der Waals surface area contributed by atoms with Crippen LogP contribution in [-0.2, 0) is 36.8 Å².